The predicted molar refractivity (Wildman–Crippen MR) is 147 cm³/mol. The first kappa shape index (κ1) is 27.3. The number of H-pyrrole nitrogens is 1. The summed E-state index contributed by atoms with van der Waals surface area (Å²) >= 11 is 0. The number of aryl methyl sites for hydroxylation is 1. The molecule has 0 saturated heterocycles. The lowest BCUT2D eigenvalue weighted by Gasteiger charge is -2.12. The van der Waals surface area contributed by atoms with Crippen LogP contribution in [0.3, 0.4) is 0 Å². The number of benzene rings is 1. The van der Waals surface area contributed by atoms with E-state index in [9.17, 15) is 9.59 Å². The topological polar surface area (TPSA) is 115 Å². The molecule has 10 heteroatoms. The van der Waals surface area contributed by atoms with Gasteiger partial charge < -0.3 is 24.5 Å². The van der Waals surface area contributed by atoms with Crippen molar-refractivity contribution in [2.24, 2.45) is 5.92 Å². The molecule has 0 bridgehead atoms. The Hall–Kier alpha value is -4.73. The molecule has 4 aromatic rings. The molecular formula is C29H29FN4O5. The molecule has 1 aromatic carbocycles. The molecule has 39 heavy (non-hydrogen) atoms. The molecule has 0 aliphatic heterocycles. The highest BCUT2D eigenvalue weighted by Crippen LogP contribution is 2.35. The highest BCUT2D eigenvalue weighted by molar-refractivity contribution is 6.04. The number of amides is 1. The van der Waals surface area contributed by atoms with Gasteiger partial charge in [-0.3, -0.25) is 14.6 Å². The fourth-order valence-electron chi connectivity index (χ4n) is 3.83. The number of methoxy groups -OCH3 is 2. The van der Waals surface area contributed by atoms with Gasteiger partial charge in [0.2, 0.25) is 5.43 Å². The Morgan fingerprint density at radius 2 is 1.92 bits per heavy atom. The van der Waals surface area contributed by atoms with E-state index < -0.39 is 17.2 Å². The summed E-state index contributed by atoms with van der Waals surface area (Å²) in [5.41, 5.74) is 1.55. The van der Waals surface area contributed by atoms with E-state index in [1.165, 1.54) is 38.7 Å². The Labute approximate surface area is 224 Å². The van der Waals surface area contributed by atoms with E-state index in [-0.39, 0.29) is 28.6 Å². The molecule has 0 fully saturated rings. The third-order valence-electron chi connectivity index (χ3n) is 5.89. The van der Waals surface area contributed by atoms with Gasteiger partial charge in [0, 0.05) is 47.5 Å². The number of hydrogen-bond acceptors (Lipinski definition) is 7. The lowest BCUT2D eigenvalue weighted by atomic mass is 10.1. The SMILES string of the molecule is COc1cc2nccc(Oc3ccc(NC(=O)c4c[nH]c(C)c(/C=C/CC(C)C)c4=O)cc3F)c2nc1OC. The third-order valence-corrected chi connectivity index (χ3v) is 5.89. The van der Waals surface area contributed by atoms with Crippen LogP contribution in [0.15, 0.2) is 53.6 Å². The summed E-state index contributed by atoms with van der Waals surface area (Å²) in [4.78, 5) is 37.4. The van der Waals surface area contributed by atoms with Gasteiger partial charge in [-0.05, 0) is 31.4 Å². The van der Waals surface area contributed by atoms with E-state index >= 15 is 4.39 Å². The molecule has 2 N–H and O–H groups in total. The summed E-state index contributed by atoms with van der Waals surface area (Å²) in [5.74, 6) is -0.169. The lowest BCUT2D eigenvalue weighted by Crippen LogP contribution is -2.24. The fraction of sp³-hybridized carbons (Fsp3) is 0.241. The number of anilines is 1. The van der Waals surface area contributed by atoms with Crippen molar-refractivity contribution in [1.82, 2.24) is 15.0 Å². The van der Waals surface area contributed by atoms with Crippen LogP contribution in [0.25, 0.3) is 17.1 Å². The molecule has 9 nitrogen and oxygen atoms in total. The van der Waals surface area contributed by atoms with Crippen LogP contribution < -0.4 is 25.0 Å². The number of halogens is 1. The first-order chi connectivity index (χ1) is 18.7. The van der Waals surface area contributed by atoms with E-state index in [0.29, 0.717) is 34.0 Å². The summed E-state index contributed by atoms with van der Waals surface area (Å²) in [7, 11) is 2.94. The standard InChI is InChI=1S/C29H29FN4O5/c1-16(2)7-6-8-19-17(3)32-15-20(27(19)35)28(36)33-18-9-10-23(21(30)13-18)39-24-11-12-31-22-14-25(37-4)29(38-5)34-26(22)24/h6,8-16H,7H2,1-5H3,(H,32,35)(H,33,36)/b8-6+. The molecule has 202 valence electrons. The zero-order valence-corrected chi connectivity index (χ0v) is 22.3. The van der Waals surface area contributed by atoms with Crippen LogP contribution in [0.1, 0.15) is 41.9 Å². The van der Waals surface area contributed by atoms with Crippen LogP contribution in [0.5, 0.6) is 23.1 Å². The number of allylic oxidation sites excluding steroid dienone is 1. The zero-order valence-electron chi connectivity index (χ0n) is 22.3. The number of hydrogen-bond donors (Lipinski definition) is 2. The van der Waals surface area contributed by atoms with Gasteiger partial charge in [0.15, 0.2) is 23.1 Å². The molecule has 3 heterocycles. The number of ether oxygens (including phenoxy) is 3. The minimum Gasteiger partial charge on any atom is -0.491 e. The van der Waals surface area contributed by atoms with Crippen molar-refractivity contribution in [2.45, 2.75) is 27.2 Å². The zero-order chi connectivity index (χ0) is 28.1. The number of fused-ring (bicyclic) bond motifs is 1. The number of rotatable bonds is 9. The molecule has 0 aliphatic carbocycles. The lowest BCUT2D eigenvalue weighted by molar-refractivity contribution is 0.102. The van der Waals surface area contributed by atoms with Gasteiger partial charge in [-0.15, -0.1) is 0 Å². The predicted octanol–water partition coefficient (Wildman–Crippen LogP) is 5.89. The minimum atomic E-state index is -0.728. The molecule has 4 rings (SSSR count). The first-order valence-electron chi connectivity index (χ1n) is 12.3. The minimum absolute atomic E-state index is 0.0794. The van der Waals surface area contributed by atoms with E-state index in [1.807, 2.05) is 6.08 Å². The molecule has 0 spiro atoms. The smallest absolute Gasteiger partial charge is 0.261 e. The molecule has 0 aliphatic rings. The van der Waals surface area contributed by atoms with E-state index in [2.05, 4.69) is 34.1 Å². The summed E-state index contributed by atoms with van der Waals surface area (Å²) in [6.45, 7) is 5.91. The number of pyridine rings is 3. The third kappa shape index (κ3) is 6.06. The molecule has 0 atom stereocenters. The number of carbonyl (C=O) groups is 1. The highest BCUT2D eigenvalue weighted by Gasteiger charge is 2.17. The number of carbonyl (C=O) groups excluding carboxylic acids is 1. The van der Waals surface area contributed by atoms with Crippen molar-refractivity contribution in [3.05, 3.63) is 81.7 Å². The first-order valence-corrected chi connectivity index (χ1v) is 12.3. The van der Waals surface area contributed by atoms with Crippen molar-refractivity contribution in [3.63, 3.8) is 0 Å². The normalized spacial score (nSPS) is 11.3. The van der Waals surface area contributed by atoms with E-state index in [1.54, 1.807) is 25.1 Å². The van der Waals surface area contributed by atoms with Gasteiger partial charge in [-0.25, -0.2) is 9.37 Å². The molecule has 1 amide bonds. The Balaban J connectivity index is 1.56. The summed E-state index contributed by atoms with van der Waals surface area (Å²) in [6.07, 6.45) is 7.29. The van der Waals surface area contributed by atoms with Gasteiger partial charge in [0.05, 0.1) is 19.7 Å². The van der Waals surface area contributed by atoms with Crippen molar-refractivity contribution >= 4 is 28.7 Å². The van der Waals surface area contributed by atoms with E-state index in [4.69, 9.17) is 14.2 Å². The Bertz CT molecular complexity index is 1610. The Morgan fingerprint density at radius 1 is 1.13 bits per heavy atom. The van der Waals surface area contributed by atoms with Crippen molar-refractivity contribution in [3.8, 4) is 23.1 Å². The van der Waals surface area contributed by atoms with Crippen molar-refractivity contribution in [2.75, 3.05) is 19.5 Å². The Morgan fingerprint density at radius 3 is 2.62 bits per heavy atom. The average molecular weight is 533 g/mol. The van der Waals surface area contributed by atoms with Crippen LogP contribution in [0, 0.1) is 18.7 Å². The van der Waals surface area contributed by atoms with Crippen molar-refractivity contribution in [1.29, 1.82) is 0 Å². The maximum atomic E-state index is 15.0. The van der Waals surface area contributed by atoms with Gasteiger partial charge in [-0.2, -0.15) is 0 Å². The van der Waals surface area contributed by atoms with Crippen LogP contribution in [0.4, 0.5) is 10.1 Å². The van der Waals surface area contributed by atoms with Crippen LogP contribution in [0.2, 0.25) is 0 Å². The molecular weight excluding hydrogens is 503 g/mol. The average Bonchev–Trinajstić information content (AvgIpc) is 2.91. The number of nitrogens with one attached hydrogen (secondary N) is 2. The van der Waals surface area contributed by atoms with E-state index in [0.717, 1.165) is 12.5 Å². The summed E-state index contributed by atoms with van der Waals surface area (Å²) < 4.78 is 31.3. The van der Waals surface area contributed by atoms with Gasteiger partial charge >= 0.3 is 0 Å². The second-order valence-electron chi connectivity index (χ2n) is 9.18. The monoisotopic (exact) mass is 532 g/mol. The van der Waals surface area contributed by atoms with Gasteiger partial charge in [0.1, 0.15) is 11.1 Å². The van der Waals surface area contributed by atoms with Gasteiger partial charge in [-0.1, -0.05) is 26.0 Å². The van der Waals surface area contributed by atoms with Crippen LogP contribution in [-0.2, 0) is 0 Å². The summed E-state index contributed by atoms with van der Waals surface area (Å²) in [5, 5.41) is 2.58. The highest BCUT2D eigenvalue weighted by atomic mass is 19.1. The largest absolute Gasteiger partial charge is 0.491 e. The van der Waals surface area contributed by atoms with Gasteiger partial charge in [0.25, 0.3) is 11.8 Å². The van der Waals surface area contributed by atoms with Crippen LogP contribution in [-0.4, -0.2) is 35.1 Å². The number of aromatic nitrogens is 3. The molecule has 0 unspecified atom stereocenters. The quantitative estimate of drug-likeness (QED) is 0.276. The molecule has 3 aromatic heterocycles. The number of aromatic amines is 1. The Kier molecular flexibility index (Phi) is 8.24. The van der Waals surface area contributed by atoms with Crippen LogP contribution >= 0.6 is 0 Å². The summed E-state index contributed by atoms with van der Waals surface area (Å²) in [6, 6.07) is 7.15. The maximum Gasteiger partial charge on any atom is 0.261 e. The van der Waals surface area contributed by atoms with Crippen molar-refractivity contribution < 1.29 is 23.4 Å². The second-order valence-corrected chi connectivity index (χ2v) is 9.18. The molecule has 0 saturated carbocycles. The molecule has 0 radical (unpaired) electrons. The maximum absolute atomic E-state index is 15.0. The number of nitrogens with zero attached hydrogens (tertiary/aromatic N) is 2. The fourth-order valence-corrected chi connectivity index (χ4v) is 3.83. The second kappa shape index (κ2) is 11.8.